The third kappa shape index (κ3) is 4.93. The first-order valence-electron chi connectivity index (χ1n) is 15.4. The molecule has 47 heavy (non-hydrogen) atoms. The lowest BCUT2D eigenvalue weighted by atomic mass is 9.93. The third-order valence-electron chi connectivity index (χ3n) is 8.93. The van der Waals surface area contributed by atoms with Gasteiger partial charge in [0.25, 0.3) is 11.8 Å². The van der Waals surface area contributed by atoms with Crippen molar-refractivity contribution in [3.05, 3.63) is 138 Å². The van der Waals surface area contributed by atoms with Gasteiger partial charge in [0.05, 0.1) is 28.0 Å². The van der Waals surface area contributed by atoms with Crippen LogP contribution in [-0.4, -0.2) is 44.0 Å². The van der Waals surface area contributed by atoms with E-state index < -0.39 is 0 Å². The number of carbonyl (C=O) groups is 2. The summed E-state index contributed by atoms with van der Waals surface area (Å²) in [5.41, 5.74) is 6.44. The van der Waals surface area contributed by atoms with Gasteiger partial charge >= 0.3 is 0 Å². The highest BCUT2D eigenvalue weighted by Crippen LogP contribution is 2.42. The molecule has 1 atom stereocenters. The first-order chi connectivity index (χ1) is 23.0. The maximum atomic E-state index is 14.6. The molecule has 0 unspecified atom stereocenters. The highest BCUT2D eigenvalue weighted by Gasteiger charge is 2.32. The van der Waals surface area contributed by atoms with Crippen LogP contribution in [0.4, 0.5) is 11.4 Å². The predicted octanol–water partition coefficient (Wildman–Crippen LogP) is 7.00. The number of phenols is 1. The molecule has 2 aliphatic heterocycles. The SMILES string of the molecule is C[C@@H]1Cc2ccccc2CN1C(=O)c1cc2c(cc1-c1cc(C(=O)N(c3ccncc3)c3ccc(O)cc3)c3ccccn13)OCO2. The van der Waals surface area contributed by atoms with Gasteiger partial charge in [0.2, 0.25) is 6.79 Å². The van der Waals surface area contributed by atoms with E-state index in [-0.39, 0.29) is 30.4 Å². The average Bonchev–Trinajstić information content (AvgIpc) is 3.73. The van der Waals surface area contributed by atoms with Crippen LogP contribution >= 0.6 is 0 Å². The molecule has 9 heteroatoms. The van der Waals surface area contributed by atoms with Gasteiger partial charge in [-0.3, -0.25) is 19.5 Å². The van der Waals surface area contributed by atoms with Crippen molar-refractivity contribution in [1.29, 1.82) is 0 Å². The number of pyridine rings is 2. The second-order valence-electron chi connectivity index (χ2n) is 11.8. The zero-order valence-corrected chi connectivity index (χ0v) is 25.5. The number of fused-ring (bicyclic) bond motifs is 3. The molecule has 0 bridgehead atoms. The summed E-state index contributed by atoms with van der Waals surface area (Å²) in [6, 6.07) is 29.3. The fourth-order valence-electron chi connectivity index (χ4n) is 6.57. The Balaban J connectivity index is 1.27. The van der Waals surface area contributed by atoms with Gasteiger partial charge in [-0.15, -0.1) is 0 Å². The molecule has 0 spiro atoms. The van der Waals surface area contributed by atoms with Crippen molar-refractivity contribution in [3.63, 3.8) is 0 Å². The Morgan fingerprint density at radius 1 is 0.830 bits per heavy atom. The molecule has 0 saturated heterocycles. The molecule has 0 fully saturated rings. The minimum Gasteiger partial charge on any atom is -0.508 e. The Morgan fingerprint density at radius 3 is 2.32 bits per heavy atom. The van der Waals surface area contributed by atoms with Gasteiger partial charge in [-0.25, -0.2) is 0 Å². The van der Waals surface area contributed by atoms with Crippen LogP contribution in [-0.2, 0) is 13.0 Å². The minimum absolute atomic E-state index is 0.0175. The number of rotatable bonds is 5. The standard InChI is InChI=1S/C38H30N4O5/c1-24-18-25-6-2-3-7-26(25)22-41(24)37(44)31-21-36-35(46-23-47-36)20-30(31)34-19-32(33-8-4-5-17-40(33)34)38(45)42(28-13-15-39-16-14-28)27-9-11-29(43)12-10-27/h2-17,19-21,24,43H,18,22-23H2,1H3/t24-/m1/s1. The van der Waals surface area contributed by atoms with Gasteiger partial charge in [0.1, 0.15) is 5.75 Å². The van der Waals surface area contributed by atoms with E-state index in [1.54, 1.807) is 59.8 Å². The maximum Gasteiger partial charge on any atom is 0.265 e. The van der Waals surface area contributed by atoms with Crippen LogP contribution in [0.1, 0.15) is 38.8 Å². The van der Waals surface area contributed by atoms with Crippen LogP contribution in [0, 0.1) is 0 Å². The molecule has 2 amide bonds. The lowest BCUT2D eigenvalue weighted by Crippen LogP contribution is -2.42. The monoisotopic (exact) mass is 622 g/mol. The quantitative estimate of drug-likeness (QED) is 0.222. The number of aromatic hydroxyl groups is 1. The fourth-order valence-corrected chi connectivity index (χ4v) is 6.57. The van der Waals surface area contributed by atoms with Crippen LogP contribution in [0.3, 0.4) is 0 Å². The molecule has 232 valence electrons. The summed E-state index contributed by atoms with van der Waals surface area (Å²) in [6.07, 6.45) is 5.90. The van der Waals surface area contributed by atoms with Crippen molar-refractivity contribution in [2.24, 2.45) is 0 Å². The summed E-state index contributed by atoms with van der Waals surface area (Å²) in [5, 5.41) is 9.96. The molecule has 0 radical (unpaired) electrons. The van der Waals surface area contributed by atoms with Gasteiger partial charge in [-0.2, -0.15) is 0 Å². The summed E-state index contributed by atoms with van der Waals surface area (Å²) in [5.74, 6) is 0.734. The molecular weight excluding hydrogens is 592 g/mol. The predicted molar refractivity (Wildman–Crippen MR) is 177 cm³/mol. The average molecular weight is 623 g/mol. The van der Waals surface area contributed by atoms with E-state index in [1.807, 2.05) is 58.0 Å². The zero-order valence-electron chi connectivity index (χ0n) is 25.5. The van der Waals surface area contributed by atoms with Gasteiger partial charge < -0.3 is 23.9 Å². The molecule has 1 N–H and O–H groups in total. The van der Waals surface area contributed by atoms with E-state index >= 15 is 0 Å². The third-order valence-corrected chi connectivity index (χ3v) is 8.93. The number of hydrogen-bond acceptors (Lipinski definition) is 6. The van der Waals surface area contributed by atoms with Gasteiger partial charge in [-0.1, -0.05) is 30.3 Å². The molecule has 3 aromatic carbocycles. The largest absolute Gasteiger partial charge is 0.508 e. The number of anilines is 2. The normalized spacial score (nSPS) is 15.0. The Kier molecular flexibility index (Phi) is 6.87. The van der Waals surface area contributed by atoms with Crippen molar-refractivity contribution < 1.29 is 24.2 Å². The molecule has 9 nitrogen and oxygen atoms in total. The van der Waals surface area contributed by atoms with E-state index in [0.29, 0.717) is 57.3 Å². The maximum absolute atomic E-state index is 14.6. The summed E-state index contributed by atoms with van der Waals surface area (Å²) < 4.78 is 13.4. The summed E-state index contributed by atoms with van der Waals surface area (Å²) in [4.78, 5) is 36.8. The van der Waals surface area contributed by atoms with Crippen LogP contribution in [0.5, 0.6) is 17.2 Å². The van der Waals surface area contributed by atoms with Gasteiger partial charge in [-0.05, 0) is 91.2 Å². The number of aromatic nitrogens is 2. The van der Waals surface area contributed by atoms with Crippen LogP contribution in [0.15, 0.2) is 116 Å². The number of phenolic OH excluding ortho intramolecular Hbond substituents is 1. The van der Waals surface area contributed by atoms with Crippen molar-refractivity contribution >= 4 is 28.7 Å². The lowest BCUT2D eigenvalue weighted by Gasteiger charge is -2.35. The molecule has 0 saturated carbocycles. The summed E-state index contributed by atoms with van der Waals surface area (Å²) in [7, 11) is 0. The van der Waals surface area contributed by atoms with E-state index in [9.17, 15) is 14.7 Å². The fraction of sp³-hybridized carbons (Fsp3) is 0.132. The number of benzene rings is 3. The topological polar surface area (TPSA) is 96.6 Å². The first-order valence-corrected chi connectivity index (χ1v) is 15.4. The first kappa shape index (κ1) is 28.4. The van der Waals surface area contributed by atoms with Crippen LogP contribution < -0.4 is 14.4 Å². The number of carbonyl (C=O) groups excluding carboxylic acids is 2. The molecule has 6 aromatic rings. The lowest BCUT2D eigenvalue weighted by molar-refractivity contribution is 0.0658. The van der Waals surface area contributed by atoms with Gasteiger partial charge in [0, 0.05) is 42.4 Å². The van der Waals surface area contributed by atoms with E-state index in [2.05, 4.69) is 24.0 Å². The minimum atomic E-state index is -0.285. The van der Waals surface area contributed by atoms with Crippen molar-refractivity contribution in [1.82, 2.24) is 14.3 Å². The molecule has 8 rings (SSSR count). The summed E-state index contributed by atoms with van der Waals surface area (Å²) >= 11 is 0. The molecule has 5 heterocycles. The highest BCUT2D eigenvalue weighted by molar-refractivity contribution is 6.15. The Labute approximate surface area is 270 Å². The summed E-state index contributed by atoms with van der Waals surface area (Å²) in [6.45, 7) is 2.63. The number of nitrogens with zero attached hydrogens (tertiary/aromatic N) is 4. The van der Waals surface area contributed by atoms with E-state index in [4.69, 9.17) is 9.47 Å². The Bertz CT molecular complexity index is 2160. The Morgan fingerprint density at radius 2 is 1.53 bits per heavy atom. The number of hydrogen-bond donors (Lipinski definition) is 1. The second kappa shape index (κ2) is 11.4. The van der Waals surface area contributed by atoms with E-state index in [0.717, 1.165) is 12.0 Å². The molecule has 3 aromatic heterocycles. The highest BCUT2D eigenvalue weighted by atomic mass is 16.7. The molecule has 2 aliphatic rings. The Hall–Kier alpha value is -6.09. The van der Waals surface area contributed by atoms with Crippen molar-refractivity contribution in [3.8, 4) is 28.5 Å². The van der Waals surface area contributed by atoms with E-state index in [1.165, 1.54) is 5.56 Å². The molecular formula is C38H30N4O5. The van der Waals surface area contributed by atoms with Crippen LogP contribution in [0.2, 0.25) is 0 Å². The second-order valence-corrected chi connectivity index (χ2v) is 11.8. The van der Waals surface area contributed by atoms with Crippen molar-refractivity contribution in [2.45, 2.75) is 25.9 Å². The zero-order chi connectivity index (χ0) is 32.1. The number of amides is 2. The smallest absolute Gasteiger partial charge is 0.265 e. The van der Waals surface area contributed by atoms with Crippen molar-refractivity contribution in [2.75, 3.05) is 11.7 Å². The van der Waals surface area contributed by atoms with Gasteiger partial charge in [0.15, 0.2) is 11.5 Å². The molecule has 0 aliphatic carbocycles. The number of ether oxygens (including phenoxy) is 2. The van der Waals surface area contributed by atoms with Crippen LogP contribution in [0.25, 0.3) is 16.8 Å².